The number of aliphatic imine (C=N–C) groups is 2. The number of piperazine rings is 1. The molecule has 0 bridgehead atoms. The standard InChI is InChI=1S/C12H18N5/c1-15-4-6-16(7-5-15)12-11-9-13-3-8-17(11,2)10-14-12/h3,8-10H,4-7H2,1-2H3/q+1. The average Bonchev–Trinajstić information content (AvgIpc) is 2.68. The largest absolute Gasteiger partial charge is 0.349 e. The van der Waals surface area contributed by atoms with E-state index < -0.39 is 0 Å². The summed E-state index contributed by atoms with van der Waals surface area (Å²) in [5, 5.41) is 0. The van der Waals surface area contributed by atoms with Crippen LogP contribution in [0.25, 0.3) is 0 Å². The molecule has 0 spiro atoms. The molecule has 1 atom stereocenters. The Morgan fingerprint density at radius 2 is 2.00 bits per heavy atom. The minimum absolute atomic E-state index is 0.644. The molecule has 0 aromatic rings. The quantitative estimate of drug-likeness (QED) is 0.615. The Kier molecular flexibility index (Phi) is 2.38. The molecule has 5 nitrogen and oxygen atoms in total. The van der Waals surface area contributed by atoms with Crippen molar-refractivity contribution in [2.75, 3.05) is 40.3 Å². The second kappa shape index (κ2) is 3.78. The van der Waals surface area contributed by atoms with Gasteiger partial charge in [0.05, 0.1) is 19.5 Å². The molecule has 0 aromatic heterocycles. The molecule has 3 aliphatic heterocycles. The van der Waals surface area contributed by atoms with Crippen LogP contribution in [-0.4, -0.2) is 67.1 Å². The van der Waals surface area contributed by atoms with Crippen LogP contribution in [0.2, 0.25) is 0 Å². The molecule has 0 aromatic carbocycles. The molecule has 0 radical (unpaired) electrons. The SMILES string of the molecule is CN1CCN(C2=C3C=NC=C[N+]3(C)C=N2)CC1. The van der Waals surface area contributed by atoms with Crippen molar-refractivity contribution in [2.24, 2.45) is 9.98 Å². The summed E-state index contributed by atoms with van der Waals surface area (Å²) in [7, 11) is 4.29. The Balaban J connectivity index is 1.89. The lowest BCUT2D eigenvalue weighted by molar-refractivity contribution is -0.706. The number of quaternary nitrogens is 1. The molecule has 0 N–H and O–H groups in total. The maximum atomic E-state index is 4.59. The van der Waals surface area contributed by atoms with Gasteiger partial charge in [0.2, 0.25) is 12.0 Å². The summed E-state index contributed by atoms with van der Waals surface area (Å²) in [4.78, 5) is 13.5. The molecule has 1 saturated heterocycles. The molecule has 3 aliphatic rings. The normalized spacial score (nSPS) is 32.5. The van der Waals surface area contributed by atoms with Gasteiger partial charge in [-0.15, -0.1) is 0 Å². The zero-order valence-corrected chi connectivity index (χ0v) is 10.4. The topological polar surface area (TPSA) is 31.2 Å². The first-order valence-electron chi connectivity index (χ1n) is 5.99. The number of nitrogens with zero attached hydrogens (tertiary/aromatic N) is 5. The second-order valence-electron chi connectivity index (χ2n) is 4.97. The third-order valence-electron chi connectivity index (χ3n) is 3.63. The van der Waals surface area contributed by atoms with Gasteiger partial charge in [-0.25, -0.2) is 4.48 Å². The smallest absolute Gasteiger partial charge is 0.204 e. The van der Waals surface area contributed by atoms with E-state index in [1.807, 2.05) is 18.8 Å². The second-order valence-corrected chi connectivity index (χ2v) is 4.97. The van der Waals surface area contributed by atoms with Gasteiger partial charge in [-0.3, -0.25) is 4.99 Å². The summed E-state index contributed by atoms with van der Waals surface area (Å²) < 4.78 is 0.644. The Morgan fingerprint density at radius 3 is 2.76 bits per heavy atom. The van der Waals surface area contributed by atoms with Crippen LogP contribution in [0.4, 0.5) is 0 Å². The van der Waals surface area contributed by atoms with E-state index in [9.17, 15) is 0 Å². The summed E-state index contributed by atoms with van der Waals surface area (Å²) in [5.41, 5.74) is 1.18. The lowest BCUT2D eigenvalue weighted by atomic mass is 10.3. The summed E-state index contributed by atoms with van der Waals surface area (Å²) >= 11 is 0. The van der Waals surface area contributed by atoms with E-state index in [1.54, 1.807) is 0 Å². The third kappa shape index (κ3) is 1.71. The first-order valence-corrected chi connectivity index (χ1v) is 5.99. The Hall–Kier alpha value is -1.46. The maximum absolute atomic E-state index is 4.59. The first-order chi connectivity index (χ1) is 8.19. The first kappa shape index (κ1) is 10.7. The molecule has 3 heterocycles. The van der Waals surface area contributed by atoms with E-state index in [2.05, 4.69) is 40.1 Å². The fraction of sp³-hybridized carbons (Fsp3) is 0.500. The van der Waals surface area contributed by atoms with Crippen LogP contribution in [0.1, 0.15) is 0 Å². The summed E-state index contributed by atoms with van der Waals surface area (Å²) in [6.45, 7) is 4.29. The van der Waals surface area contributed by atoms with E-state index >= 15 is 0 Å². The van der Waals surface area contributed by atoms with Crippen molar-refractivity contribution in [3.63, 3.8) is 0 Å². The van der Waals surface area contributed by atoms with Gasteiger partial charge in [0.1, 0.15) is 6.20 Å². The minimum Gasteiger partial charge on any atom is -0.349 e. The molecule has 0 aliphatic carbocycles. The lowest BCUT2D eigenvalue weighted by Crippen LogP contribution is -2.44. The molecule has 90 valence electrons. The fourth-order valence-electron chi connectivity index (χ4n) is 2.37. The van der Waals surface area contributed by atoms with E-state index in [-0.39, 0.29) is 0 Å². The number of allylic oxidation sites excluding steroid dienone is 1. The summed E-state index contributed by atoms with van der Waals surface area (Å²) in [6, 6.07) is 0. The third-order valence-corrected chi connectivity index (χ3v) is 3.63. The van der Waals surface area contributed by atoms with Gasteiger partial charge in [-0.05, 0) is 7.05 Å². The van der Waals surface area contributed by atoms with Crippen molar-refractivity contribution in [3.8, 4) is 0 Å². The highest BCUT2D eigenvalue weighted by Crippen LogP contribution is 2.28. The van der Waals surface area contributed by atoms with Crippen molar-refractivity contribution in [2.45, 2.75) is 0 Å². The Morgan fingerprint density at radius 1 is 1.24 bits per heavy atom. The van der Waals surface area contributed by atoms with Crippen LogP contribution in [0.3, 0.4) is 0 Å². The molecule has 17 heavy (non-hydrogen) atoms. The molecule has 5 heteroatoms. The molecule has 0 saturated carbocycles. The van der Waals surface area contributed by atoms with Crippen molar-refractivity contribution in [1.29, 1.82) is 0 Å². The van der Waals surface area contributed by atoms with Crippen molar-refractivity contribution in [1.82, 2.24) is 9.80 Å². The molecule has 3 rings (SSSR count). The number of rotatable bonds is 1. The number of hydrogen-bond donors (Lipinski definition) is 0. The monoisotopic (exact) mass is 232 g/mol. The number of fused-ring (bicyclic) bond motifs is 1. The summed E-state index contributed by atoms with van der Waals surface area (Å²) in [6.07, 6.45) is 7.80. The minimum atomic E-state index is 0.644. The molecule has 0 amide bonds. The Labute approximate surface area is 102 Å². The van der Waals surface area contributed by atoms with Crippen molar-refractivity contribution >= 4 is 12.6 Å². The number of likely N-dealkylation sites (N-methyl/N-ethyl adjacent to an activating group) is 1. The van der Waals surface area contributed by atoms with Crippen LogP contribution in [0.15, 0.2) is 33.9 Å². The van der Waals surface area contributed by atoms with Gasteiger partial charge in [-0.1, -0.05) is 0 Å². The van der Waals surface area contributed by atoms with Crippen LogP contribution < -0.4 is 0 Å². The fourth-order valence-corrected chi connectivity index (χ4v) is 2.37. The van der Waals surface area contributed by atoms with Crippen molar-refractivity contribution in [3.05, 3.63) is 23.9 Å². The molecule has 1 fully saturated rings. The highest BCUT2D eigenvalue weighted by Gasteiger charge is 2.36. The van der Waals surface area contributed by atoms with Gasteiger partial charge in [0.15, 0.2) is 5.82 Å². The maximum Gasteiger partial charge on any atom is 0.204 e. The highest BCUT2D eigenvalue weighted by atomic mass is 15.4. The predicted octanol–water partition coefficient (Wildman–Crippen LogP) is 0.447. The van der Waals surface area contributed by atoms with E-state index in [1.165, 1.54) is 5.70 Å². The van der Waals surface area contributed by atoms with E-state index in [4.69, 9.17) is 0 Å². The Bertz CT molecular complexity index is 440. The predicted molar refractivity (Wildman–Crippen MR) is 68.4 cm³/mol. The summed E-state index contributed by atoms with van der Waals surface area (Å²) in [5.74, 6) is 1.09. The van der Waals surface area contributed by atoms with Crippen LogP contribution >= 0.6 is 0 Å². The van der Waals surface area contributed by atoms with Crippen LogP contribution in [0.5, 0.6) is 0 Å². The van der Waals surface area contributed by atoms with Crippen LogP contribution in [-0.2, 0) is 0 Å². The van der Waals surface area contributed by atoms with E-state index in [0.29, 0.717) is 4.48 Å². The molecule has 1 unspecified atom stereocenters. The van der Waals surface area contributed by atoms with Gasteiger partial charge >= 0.3 is 0 Å². The number of hydrogen-bond acceptors (Lipinski definition) is 4. The molecular formula is C12H18N5+. The molecular weight excluding hydrogens is 214 g/mol. The van der Waals surface area contributed by atoms with Crippen molar-refractivity contribution < 1.29 is 4.48 Å². The lowest BCUT2D eigenvalue weighted by Gasteiger charge is -2.33. The highest BCUT2D eigenvalue weighted by molar-refractivity contribution is 5.82. The van der Waals surface area contributed by atoms with Gasteiger partial charge in [0.25, 0.3) is 0 Å². The average molecular weight is 232 g/mol. The van der Waals surface area contributed by atoms with Gasteiger partial charge in [-0.2, -0.15) is 4.99 Å². The van der Waals surface area contributed by atoms with Gasteiger partial charge in [0, 0.05) is 26.2 Å². The van der Waals surface area contributed by atoms with E-state index in [0.717, 1.165) is 32.0 Å². The zero-order chi connectivity index (χ0) is 11.9. The zero-order valence-electron chi connectivity index (χ0n) is 10.4. The van der Waals surface area contributed by atoms with Gasteiger partial charge < -0.3 is 9.80 Å². The van der Waals surface area contributed by atoms with Crippen LogP contribution in [0, 0.1) is 0 Å².